The van der Waals surface area contributed by atoms with E-state index in [1.165, 1.54) is 16.3 Å². The van der Waals surface area contributed by atoms with E-state index >= 15 is 0 Å². The van der Waals surface area contributed by atoms with Gasteiger partial charge in [0.05, 0.1) is 6.10 Å². The number of hydrogen-bond donors (Lipinski definition) is 1. The quantitative estimate of drug-likeness (QED) is 0.746. The zero-order valence-corrected chi connectivity index (χ0v) is 13.7. The summed E-state index contributed by atoms with van der Waals surface area (Å²) in [4.78, 5) is 2.19. The Balaban J connectivity index is 1.73. The van der Waals surface area contributed by atoms with Gasteiger partial charge in [0.15, 0.2) is 0 Å². The molecule has 0 heterocycles. The standard InChI is InChI=1S/C21H23NO/c1-16(17-8-4-3-5-9-17)22(2)15-21(23)20-13-12-18-10-6-7-11-19(18)14-20/h3-14,16,21,23H,15H2,1-2H3. The SMILES string of the molecule is CC(c1ccccc1)N(C)CC(O)c1ccc2ccccc2c1. The number of hydrogen-bond acceptors (Lipinski definition) is 2. The Bertz CT molecular complexity index is 769. The lowest BCUT2D eigenvalue weighted by molar-refractivity contribution is 0.108. The van der Waals surface area contributed by atoms with Crippen molar-refractivity contribution in [1.29, 1.82) is 0 Å². The van der Waals surface area contributed by atoms with E-state index in [9.17, 15) is 5.11 Å². The van der Waals surface area contributed by atoms with Crippen LogP contribution >= 0.6 is 0 Å². The second-order valence-electron chi connectivity index (χ2n) is 6.15. The Labute approximate surface area is 138 Å². The summed E-state index contributed by atoms with van der Waals surface area (Å²) in [5, 5.41) is 13.0. The van der Waals surface area contributed by atoms with Gasteiger partial charge in [0, 0.05) is 12.6 Å². The first-order chi connectivity index (χ1) is 11.1. The third-order valence-corrected chi connectivity index (χ3v) is 4.56. The van der Waals surface area contributed by atoms with Crippen LogP contribution in [0.2, 0.25) is 0 Å². The molecule has 2 atom stereocenters. The van der Waals surface area contributed by atoms with Gasteiger partial charge in [-0.15, -0.1) is 0 Å². The Morgan fingerprint density at radius 3 is 2.22 bits per heavy atom. The van der Waals surface area contributed by atoms with E-state index in [1.54, 1.807) is 0 Å². The van der Waals surface area contributed by atoms with Gasteiger partial charge in [0.25, 0.3) is 0 Å². The summed E-state index contributed by atoms with van der Waals surface area (Å²) in [6.45, 7) is 2.77. The van der Waals surface area contributed by atoms with Crippen LogP contribution in [0.3, 0.4) is 0 Å². The van der Waals surface area contributed by atoms with Crippen LogP contribution in [0.25, 0.3) is 10.8 Å². The summed E-state index contributed by atoms with van der Waals surface area (Å²) >= 11 is 0. The molecule has 0 saturated heterocycles. The van der Waals surface area contributed by atoms with Crippen molar-refractivity contribution in [3.05, 3.63) is 83.9 Å². The molecule has 0 aromatic heterocycles. The summed E-state index contributed by atoms with van der Waals surface area (Å²) in [7, 11) is 2.06. The highest BCUT2D eigenvalue weighted by Crippen LogP contribution is 2.24. The topological polar surface area (TPSA) is 23.5 Å². The molecule has 0 aliphatic rings. The van der Waals surface area contributed by atoms with Crippen molar-refractivity contribution in [3.63, 3.8) is 0 Å². The summed E-state index contributed by atoms with van der Waals surface area (Å²) in [5.74, 6) is 0. The van der Waals surface area contributed by atoms with Crippen LogP contribution < -0.4 is 0 Å². The molecule has 23 heavy (non-hydrogen) atoms. The average molecular weight is 305 g/mol. The molecule has 0 bridgehead atoms. The predicted molar refractivity (Wildman–Crippen MR) is 96.4 cm³/mol. The van der Waals surface area contributed by atoms with Crippen LogP contribution in [-0.2, 0) is 0 Å². The lowest BCUT2D eigenvalue weighted by atomic mass is 10.0. The molecule has 3 aromatic carbocycles. The number of nitrogens with zero attached hydrogens (tertiary/aromatic N) is 1. The van der Waals surface area contributed by atoms with Gasteiger partial charge in [-0.25, -0.2) is 0 Å². The molecular formula is C21H23NO. The number of aliphatic hydroxyl groups excluding tert-OH is 1. The van der Waals surface area contributed by atoms with Crippen molar-refractivity contribution >= 4 is 10.8 Å². The maximum absolute atomic E-state index is 10.6. The van der Waals surface area contributed by atoms with E-state index < -0.39 is 6.10 Å². The molecule has 0 amide bonds. The second kappa shape index (κ2) is 6.95. The zero-order chi connectivity index (χ0) is 16.2. The molecule has 118 valence electrons. The van der Waals surface area contributed by atoms with Crippen molar-refractivity contribution in [3.8, 4) is 0 Å². The minimum Gasteiger partial charge on any atom is -0.387 e. The molecule has 0 saturated carbocycles. The van der Waals surface area contributed by atoms with Crippen molar-refractivity contribution in [2.75, 3.05) is 13.6 Å². The molecule has 3 aromatic rings. The van der Waals surface area contributed by atoms with E-state index in [4.69, 9.17) is 0 Å². The molecule has 3 rings (SSSR count). The Morgan fingerprint density at radius 1 is 0.826 bits per heavy atom. The molecule has 0 radical (unpaired) electrons. The summed E-state index contributed by atoms with van der Waals surface area (Å²) < 4.78 is 0. The van der Waals surface area contributed by atoms with Crippen LogP contribution in [0, 0.1) is 0 Å². The monoisotopic (exact) mass is 305 g/mol. The third-order valence-electron chi connectivity index (χ3n) is 4.56. The highest BCUT2D eigenvalue weighted by molar-refractivity contribution is 5.83. The molecule has 0 fully saturated rings. The molecule has 2 heteroatoms. The first-order valence-corrected chi connectivity index (χ1v) is 8.07. The summed E-state index contributed by atoms with van der Waals surface area (Å²) in [6.07, 6.45) is -0.490. The minimum atomic E-state index is -0.490. The molecule has 0 spiro atoms. The Kier molecular flexibility index (Phi) is 4.75. The normalized spacial score (nSPS) is 14.1. The first-order valence-electron chi connectivity index (χ1n) is 8.07. The molecule has 1 N–H and O–H groups in total. The molecule has 2 nitrogen and oxygen atoms in total. The lowest BCUT2D eigenvalue weighted by Gasteiger charge is -2.27. The van der Waals surface area contributed by atoms with Crippen molar-refractivity contribution in [2.24, 2.45) is 0 Å². The van der Waals surface area contributed by atoms with Gasteiger partial charge in [0.2, 0.25) is 0 Å². The maximum atomic E-state index is 10.6. The molecule has 0 aliphatic carbocycles. The van der Waals surface area contributed by atoms with Crippen molar-refractivity contribution in [2.45, 2.75) is 19.1 Å². The van der Waals surface area contributed by atoms with Gasteiger partial charge in [-0.1, -0.05) is 66.7 Å². The van der Waals surface area contributed by atoms with Crippen molar-refractivity contribution in [1.82, 2.24) is 4.90 Å². The van der Waals surface area contributed by atoms with Crippen LogP contribution in [0.5, 0.6) is 0 Å². The molecular weight excluding hydrogens is 282 g/mol. The number of fused-ring (bicyclic) bond motifs is 1. The second-order valence-corrected chi connectivity index (χ2v) is 6.15. The lowest BCUT2D eigenvalue weighted by Crippen LogP contribution is -2.27. The fourth-order valence-corrected chi connectivity index (χ4v) is 2.94. The molecule has 0 aliphatic heterocycles. The summed E-state index contributed by atoms with van der Waals surface area (Å²) in [5.41, 5.74) is 2.23. The van der Waals surface area contributed by atoms with Crippen molar-refractivity contribution < 1.29 is 5.11 Å². The van der Waals surface area contributed by atoms with Gasteiger partial charge < -0.3 is 5.11 Å². The van der Waals surface area contributed by atoms with E-state index in [0.717, 1.165) is 5.56 Å². The van der Waals surface area contributed by atoms with Crippen LogP contribution in [-0.4, -0.2) is 23.6 Å². The fourth-order valence-electron chi connectivity index (χ4n) is 2.94. The predicted octanol–water partition coefficient (Wildman–Crippen LogP) is 4.57. The van der Waals surface area contributed by atoms with E-state index in [2.05, 4.69) is 67.4 Å². The number of benzene rings is 3. The highest BCUT2D eigenvalue weighted by Gasteiger charge is 2.16. The number of likely N-dealkylation sites (N-methyl/N-ethyl adjacent to an activating group) is 1. The first kappa shape index (κ1) is 15.7. The van der Waals surface area contributed by atoms with Gasteiger partial charge in [-0.2, -0.15) is 0 Å². The van der Waals surface area contributed by atoms with Crippen LogP contribution in [0.1, 0.15) is 30.2 Å². The Hall–Kier alpha value is -2.16. The van der Waals surface area contributed by atoms with E-state index in [1.807, 2.05) is 24.3 Å². The Morgan fingerprint density at radius 2 is 1.48 bits per heavy atom. The third kappa shape index (κ3) is 3.61. The number of aliphatic hydroxyl groups is 1. The van der Waals surface area contributed by atoms with Gasteiger partial charge in [-0.05, 0) is 41.9 Å². The highest BCUT2D eigenvalue weighted by atomic mass is 16.3. The minimum absolute atomic E-state index is 0.270. The largest absolute Gasteiger partial charge is 0.387 e. The average Bonchev–Trinajstić information content (AvgIpc) is 2.61. The fraction of sp³-hybridized carbons (Fsp3) is 0.238. The number of rotatable bonds is 5. The smallest absolute Gasteiger partial charge is 0.0917 e. The van der Waals surface area contributed by atoms with Crippen LogP contribution in [0.15, 0.2) is 72.8 Å². The van der Waals surface area contributed by atoms with Gasteiger partial charge in [0.1, 0.15) is 0 Å². The summed E-state index contributed by atoms with van der Waals surface area (Å²) in [6, 6.07) is 25.1. The van der Waals surface area contributed by atoms with Gasteiger partial charge >= 0.3 is 0 Å². The van der Waals surface area contributed by atoms with E-state index in [0.29, 0.717) is 6.54 Å². The maximum Gasteiger partial charge on any atom is 0.0917 e. The zero-order valence-electron chi connectivity index (χ0n) is 13.7. The van der Waals surface area contributed by atoms with E-state index in [-0.39, 0.29) is 6.04 Å². The van der Waals surface area contributed by atoms with Crippen LogP contribution in [0.4, 0.5) is 0 Å². The molecule has 2 unspecified atom stereocenters. The van der Waals surface area contributed by atoms with Gasteiger partial charge in [-0.3, -0.25) is 4.90 Å².